The summed E-state index contributed by atoms with van der Waals surface area (Å²) in [6.07, 6.45) is 4.70. The zero-order chi connectivity index (χ0) is 13.7. The second-order valence-corrected chi connectivity index (χ2v) is 4.56. The Hall–Kier alpha value is -2.10. The molecule has 2 aromatic rings. The van der Waals surface area contributed by atoms with Crippen molar-refractivity contribution in [1.29, 1.82) is 0 Å². The van der Waals surface area contributed by atoms with Gasteiger partial charge in [-0.3, -0.25) is 4.79 Å². The molecule has 0 aliphatic rings. The Bertz CT molecular complexity index is 543. The van der Waals surface area contributed by atoms with Gasteiger partial charge in [-0.2, -0.15) is 0 Å². The van der Waals surface area contributed by atoms with Crippen molar-refractivity contribution < 1.29 is 4.79 Å². The van der Waals surface area contributed by atoms with Crippen LogP contribution in [0.3, 0.4) is 0 Å². The Balaban J connectivity index is 2.02. The third-order valence-corrected chi connectivity index (χ3v) is 3.03. The summed E-state index contributed by atoms with van der Waals surface area (Å²) in [6.45, 7) is 5.51. The number of rotatable bonds is 5. The van der Waals surface area contributed by atoms with E-state index in [1.54, 1.807) is 6.20 Å². The van der Waals surface area contributed by atoms with Crippen LogP contribution in [0.5, 0.6) is 0 Å². The van der Waals surface area contributed by atoms with E-state index >= 15 is 0 Å². The van der Waals surface area contributed by atoms with Gasteiger partial charge < -0.3 is 9.88 Å². The number of hydrogen-bond donors (Lipinski definition) is 1. The molecule has 1 N–H and O–H groups in total. The number of imidazole rings is 1. The molecule has 0 fully saturated rings. The summed E-state index contributed by atoms with van der Waals surface area (Å²) in [7, 11) is 0. The molecule has 0 atom stereocenters. The van der Waals surface area contributed by atoms with Crippen LogP contribution in [0.1, 0.15) is 35.1 Å². The summed E-state index contributed by atoms with van der Waals surface area (Å²) in [6, 6.07) is 7.71. The molecule has 1 aromatic carbocycles. The first-order valence-electron chi connectivity index (χ1n) is 6.55. The lowest BCUT2D eigenvalue weighted by Gasteiger charge is -2.07. The van der Waals surface area contributed by atoms with Crippen LogP contribution < -0.4 is 5.32 Å². The van der Waals surface area contributed by atoms with Crippen LogP contribution in [0.2, 0.25) is 0 Å². The van der Waals surface area contributed by atoms with Crippen molar-refractivity contribution >= 4 is 5.91 Å². The molecule has 4 heteroatoms. The van der Waals surface area contributed by atoms with E-state index in [0.29, 0.717) is 5.56 Å². The van der Waals surface area contributed by atoms with Gasteiger partial charge in [-0.1, -0.05) is 19.1 Å². The van der Waals surface area contributed by atoms with Crippen LogP contribution in [0, 0.1) is 6.92 Å². The molecule has 2 rings (SSSR count). The zero-order valence-electron chi connectivity index (χ0n) is 11.4. The van der Waals surface area contributed by atoms with Crippen LogP contribution in [0.25, 0.3) is 0 Å². The van der Waals surface area contributed by atoms with Gasteiger partial charge in [-0.15, -0.1) is 0 Å². The highest BCUT2D eigenvalue weighted by Crippen LogP contribution is 2.08. The molecule has 19 heavy (non-hydrogen) atoms. The van der Waals surface area contributed by atoms with E-state index < -0.39 is 0 Å². The minimum absolute atomic E-state index is 0.00721. The topological polar surface area (TPSA) is 46.9 Å². The molecule has 0 radical (unpaired) electrons. The fourth-order valence-corrected chi connectivity index (χ4v) is 1.87. The van der Waals surface area contributed by atoms with Crippen molar-refractivity contribution in [3.05, 3.63) is 53.6 Å². The molecule has 0 unspecified atom stereocenters. The molecule has 0 saturated heterocycles. The smallest absolute Gasteiger partial charge is 0.251 e. The third-order valence-electron chi connectivity index (χ3n) is 3.03. The lowest BCUT2D eigenvalue weighted by molar-refractivity contribution is 0.0953. The maximum absolute atomic E-state index is 11.8. The van der Waals surface area contributed by atoms with Crippen molar-refractivity contribution in [2.24, 2.45) is 0 Å². The minimum Gasteiger partial charge on any atom is -0.352 e. The maximum Gasteiger partial charge on any atom is 0.251 e. The predicted octanol–water partition coefficient (Wildman–Crippen LogP) is 2.38. The maximum atomic E-state index is 11.8. The van der Waals surface area contributed by atoms with Gasteiger partial charge >= 0.3 is 0 Å². The van der Waals surface area contributed by atoms with E-state index in [2.05, 4.69) is 14.9 Å². The second kappa shape index (κ2) is 6.18. The van der Waals surface area contributed by atoms with Crippen LogP contribution in [-0.2, 0) is 6.54 Å². The number of benzene rings is 1. The summed E-state index contributed by atoms with van der Waals surface area (Å²) in [5.74, 6) is 0.983. The zero-order valence-corrected chi connectivity index (χ0v) is 11.4. The summed E-state index contributed by atoms with van der Waals surface area (Å²) >= 11 is 0. The standard InChI is InChI=1S/C15H19N3O/c1-3-8-17-15(19)14-6-4-13(5-7-14)11-18-10-9-16-12(18)2/h4-7,9-10H,3,8,11H2,1-2H3,(H,17,19). The quantitative estimate of drug-likeness (QED) is 0.894. The summed E-state index contributed by atoms with van der Waals surface area (Å²) < 4.78 is 2.08. The first-order valence-corrected chi connectivity index (χ1v) is 6.55. The Morgan fingerprint density at radius 1 is 1.32 bits per heavy atom. The van der Waals surface area contributed by atoms with Gasteiger partial charge in [0, 0.05) is 31.0 Å². The molecule has 1 amide bonds. The fraction of sp³-hybridized carbons (Fsp3) is 0.333. The van der Waals surface area contributed by atoms with Crippen molar-refractivity contribution in [3.8, 4) is 0 Å². The van der Waals surface area contributed by atoms with E-state index in [1.165, 1.54) is 0 Å². The predicted molar refractivity (Wildman–Crippen MR) is 75.1 cm³/mol. The summed E-state index contributed by atoms with van der Waals surface area (Å²) in [5, 5.41) is 2.87. The lowest BCUT2D eigenvalue weighted by atomic mass is 10.1. The molecule has 0 aliphatic carbocycles. The van der Waals surface area contributed by atoms with E-state index in [0.717, 1.165) is 30.9 Å². The summed E-state index contributed by atoms with van der Waals surface area (Å²) in [5.41, 5.74) is 1.87. The van der Waals surface area contributed by atoms with Gasteiger partial charge in [-0.25, -0.2) is 4.98 Å². The first-order chi connectivity index (χ1) is 9.20. The Morgan fingerprint density at radius 3 is 2.63 bits per heavy atom. The average Bonchev–Trinajstić information content (AvgIpc) is 2.82. The Kier molecular flexibility index (Phi) is 4.34. The van der Waals surface area contributed by atoms with Crippen LogP contribution in [-0.4, -0.2) is 22.0 Å². The summed E-state index contributed by atoms with van der Waals surface area (Å²) in [4.78, 5) is 16.0. The molecule has 1 heterocycles. The first kappa shape index (κ1) is 13.3. The highest BCUT2D eigenvalue weighted by Gasteiger charge is 2.04. The van der Waals surface area contributed by atoms with Crippen molar-refractivity contribution in [3.63, 3.8) is 0 Å². The van der Waals surface area contributed by atoms with Gasteiger partial charge in [0.2, 0.25) is 0 Å². The molecular weight excluding hydrogens is 238 g/mol. The Labute approximate surface area is 113 Å². The monoisotopic (exact) mass is 257 g/mol. The molecule has 100 valence electrons. The fourth-order valence-electron chi connectivity index (χ4n) is 1.87. The molecule has 0 saturated carbocycles. The normalized spacial score (nSPS) is 10.4. The number of carbonyl (C=O) groups is 1. The van der Waals surface area contributed by atoms with Gasteiger partial charge in [-0.05, 0) is 31.0 Å². The number of carbonyl (C=O) groups excluding carboxylic acids is 1. The SMILES string of the molecule is CCCNC(=O)c1ccc(Cn2ccnc2C)cc1. The molecule has 1 aromatic heterocycles. The molecule has 0 aliphatic heterocycles. The van der Waals surface area contributed by atoms with E-state index in [4.69, 9.17) is 0 Å². The highest BCUT2D eigenvalue weighted by atomic mass is 16.1. The van der Waals surface area contributed by atoms with Gasteiger partial charge in [0.25, 0.3) is 5.91 Å². The minimum atomic E-state index is -0.00721. The average molecular weight is 257 g/mol. The van der Waals surface area contributed by atoms with Crippen LogP contribution >= 0.6 is 0 Å². The van der Waals surface area contributed by atoms with Crippen molar-refractivity contribution in [2.75, 3.05) is 6.54 Å². The van der Waals surface area contributed by atoms with E-state index in [1.807, 2.05) is 44.3 Å². The molecule has 0 spiro atoms. The van der Waals surface area contributed by atoms with Gasteiger partial charge in [0.05, 0.1) is 0 Å². The van der Waals surface area contributed by atoms with E-state index in [-0.39, 0.29) is 5.91 Å². The number of aromatic nitrogens is 2. The largest absolute Gasteiger partial charge is 0.352 e. The lowest BCUT2D eigenvalue weighted by Crippen LogP contribution is -2.23. The van der Waals surface area contributed by atoms with Crippen LogP contribution in [0.15, 0.2) is 36.7 Å². The number of nitrogens with zero attached hydrogens (tertiary/aromatic N) is 2. The number of hydrogen-bond acceptors (Lipinski definition) is 2. The molecule has 4 nitrogen and oxygen atoms in total. The van der Waals surface area contributed by atoms with Crippen molar-refractivity contribution in [2.45, 2.75) is 26.8 Å². The van der Waals surface area contributed by atoms with Gasteiger partial charge in [0.15, 0.2) is 0 Å². The van der Waals surface area contributed by atoms with Gasteiger partial charge in [0.1, 0.15) is 5.82 Å². The molecule has 0 bridgehead atoms. The van der Waals surface area contributed by atoms with Crippen molar-refractivity contribution in [1.82, 2.24) is 14.9 Å². The highest BCUT2D eigenvalue weighted by molar-refractivity contribution is 5.94. The third kappa shape index (κ3) is 3.44. The van der Waals surface area contributed by atoms with Crippen LogP contribution in [0.4, 0.5) is 0 Å². The second-order valence-electron chi connectivity index (χ2n) is 4.56. The number of nitrogens with one attached hydrogen (secondary N) is 1. The number of amides is 1. The molecular formula is C15H19N3O. The van der Waals surface area contributed by atoms with E-state index in [9.17, 15) is 4.79 Å². The Morgan fingerprint density at radius 2 is 2.05 bits per heavy atom. The number of aryl methyl sites for hydroxylation is 1.